The maximum Gasteiger partial charge on any atom is 0.321 e. The van der Waals surface area contributed by atoms with E-state index in [0.29, 0.717) is 13.2 Å². The number of nitrogens with one attached hydrogen (secondary N) is 1. The zero-order chi connectivity index (χ0) is 18.2. The van der Waals surface area contributed by atoms with E-state index in [4.69, 9.17) is 14.2 Å². The second-order valence-corrected chi connectivity index (χ2v) is 5.56. The molecule has 2 aromatic carbocycles. The van der Waals surface area contributed by atoms with Crippen molar-refractivity contribution in [2.45, 2.75) is 6.92 Å². The van der Waals surface area contributed by atoms with Crippen LogP contribution in [0.3, 0.4) is 0 Å². The summed E-state index contributed by atoms with van der Waals surface area (Å²) >= 11 is 0. The van der Waals surface area contributed by atoms with Crippen molar-refractivity contribution in [1.29, 1.82) is 0 Å². The first-order valence-corrected chi connectivity index (χ1v) is 7.97. The molecule has 6 heteroatoms. The largest absolute Gasteiger partial charge is 0.497 e. The molecule has 0 fully saturated rings. The first kappa shape index (κ1) is 18.4. The minimum absolute atomic E-state index is 0.192. The molecule has 0 aromatic heterocycles. The maximum atomic E-state index is 12.2. The highest BCUT2D eigenvalue weighted by atomic mass is 16.5. The SMILES string of the molecule is COc1ccc(OCCN(C)C(=O)Nc2ccc(OC)c(C)c2)cc1. The van der Waals surface area contributed by atoms with Crippen LogP contribution in [0, 0.1) is 6.92 Å². The van der Waals surface area contributed by atoms with Crippen LogP contribution >= 0.6 is 0 Å². The van der Waals surface area contributed by atoms with Gasteiger partial charge in [0.1, 0.15) is 23.9 Å². The van der Waals surface area contributed by atoms with Crippen LogP contribution in [0.25, 0.3) is 0 Å². The van der Waals surface area contributed by atoms with Gasteiger partial charge in [0.2, 0.25) is 0 Å². The van der Waals surface area contributed by atoms with Crippen molar-refractivity contribution in [3.8, 4) is 17.2 Å². The lowest BCUT2D eigenvalue weighted by Gasteiger charge is -2.18. The fourth-order valence-corrected chi connectivity index (χ4v) is 2.25. The molecule has 0 spiro atoms. The standard InChI is InChI=1S/C19H24N2O4/c1-14-13-15(5-10-18(14)24-4)20-19(22)21(2)11-12-25-17-8-6-16(23-3)7-9-17/h5-10,13H,11-12H2,1-4H3,(H,20,22). The summed E-state index contributed by atoms with van der Waals surface area (Å²) in [6.07, 6.45) is 0. The Bertz CT molecular complexity index is 701. The van der Waals surface area contributed by atoms with Gasteiger partial charge in [0.25, 0.3) is 0 Å². The molecule has 0 aliphatic rings. The van der Waals surface area contributed by atoms with Crippen LogP contribution in [0.15, 0.2) is 42.5 Å². The fourth-order valence-electron chi connectivity index (χ4n) is 2.25. The Labute approximate surface area is 148 Å². The zero-order valence-corrected chi connectivity index (χ0v) is 15.0. The summed E-state index contributed by atoms with van der Waals surface area (Å²) in [7, 11) is 4.97. The molecule has 0 saturated heterocycles. The number of nitrogens with zero attached hydrogens (tertiary/aromatic N) is 1. The van der Waals surface area contributed by atoms with E-state index < -0.39 is 0 Å². The van der Waals surface area contributed by atoms with Gasteiger partial charge in [0.15, 0.2) is 0 Å². The van der Waals surface area contributed by atoms with Crippen LogP contribution in [0.5, 0.6) is 17.2 Å². The Hall–Kier alpha value is -2.89. The van der Waals surface area contributed by atoms with E-state index in [1.54, 1.807) is 26.2 Å². The van der Waals surface area contributed by atoms with Gasteiger partial charge in [-0.1, -0.05) is 0 Å². The number of ether oxygens (including phenoxy) is 3. The monoisotopic (exact) mass is 344 g/mol. The van der Waals surface area contributed by atoms with Crippen molar-refractivity contribution in [3.05, 3.63) is 48.0 Å². The van der Waals surface area contributed by atoms with Crippen molar-refractivity contribution in [1.82, 2.24) is 4.90 Å². The number of amides is 2. The number of carbonyl (C=O) groups excluding carboxylic acids is 1. The van der Waals surface area contributed by atoms with Gasteiger partial charge in [-0.3, -0.25) is 0 Å². The molecule has 2 amide bonds. The van der Waals surface area contributed by atoms with E-state index >= 15 is 0 Å². The van der Waals surface area contributed by atoms with E-state index in [2.05, 4.69) is 5.32 Å². The molecule has 1 N–H and O–H groups in total. The molecule has 6 nitrogen and oxygen atoms in total. The number of anilines is 1. The number of benzene rings is 2. The normalized spacial score (nSPS) is 10.1. The summed E-state index contributed by atoms with van der Waals surface area (Å²) < 4.78 is 15.9. The van der Waals surface area contributed by atoms with Crippen molar-refractivity contribution in [3.63, 3.8) is 0 Å². The minimum atomic E-state index is -0.192. The van der Waals surface area contributed by atoms with E-state index in [1.807, 2.05) is 49.4 Å². The summed E-state index contributed by atoms with van der Waals surface area (Å²) in [5, 5.41) is 2.86. The molecule has 0 heterocycles. The van der Waals surface area contributed by atoms with Gasteiger partial charge in [-0.05, 0) is 55.0 Å². The van der Waals surface area contributed by atoms with Crippen LogP contribution in [0.4, 0.5) is 10.5 Å². The van der Waals surface area contributed by atoms with E-state index in [1.165, 1.54) is 0 Å². The highest BCUT2D eigenvalue weighted by Gasteiger charge is 2.10. The average Bonchev–Trinajstić information content (AvgIpc) is 2.62. The van der Waals surface area contributed by atoms with Crippen LogP contribution in [-0.2, 0) is 0 Å². The minimum Gasteiger partial charge on any atom is -0.497 e. The third-order valence-corrected chi connectivity index (χ3v) is 3.75. The van der Waals surface area contributed by atoms with Crippen LogP contribution in [-0.4, -0.2) is 45.3 Å². The molecule has 2 rings (SSSR count). The molecule has 134 valence electrons. The summed E-state index contributed by atoms with van der Waals surface area (Å²) in [4.78, 5) is 13.8. The molecule has 2 aromatic rings. The van der Waals surface area contributed by atoms with Crippen LogP contribution in [0.2, 0.25) is 0 Å². The predicted octanol–water partition coefficient (Wildman–Crippen LogP) is 3.55. The maximum absolute atomic E-state index is 12.2. The number of urea groups is 1. The number of methoxy groups -OCH3 is 2. The predicted molar refractivity (Wildman–Crippen MR) is 97.9 cm³/mol. The Morgan fingerprint density at radius 3 is 2.32 bits per heavy atom. The third kappa shape index (κ3) is 5.31. The highest BCUT2D eigenvalue weighted by Crippen LogP contribution is 2.21. The lowest BCUT2D eigenvalue weighted by molar-refractivity contribution is 0.207. The molecule has 0 radical (unpaired) electrons. The number of aryl methyl sites for hydroxylation is 1. The lowest BCUT2D eigenvalue weighted by atomic mass is 10.2. The molecule has 0 atom stereocenters. The second kappa shape index (κ2) is 8.82. The molecule has 0 bridgehead atoms. The number of rotatable bonds is 7. The van der Waals surface area contributed by atoms with Crippen molar-refractivity contribution < 1.29 is 19.0 Å². The molecule has 0 aliphatic carbocycles. The van der Waals surface area contributed by atoms with E-state index in [0.717, 1.165) is 28.5 Å². The summed E-state index contributed by atoms with van der Waals surface area (Å²) in [6, 6.07) is 12.7. The van der Waals surface area contributed by atoms with Gasteiger partial charge in [-0.2, -0.15) is 0 Å². The zero-order valence-electron chi connectivity index (χ0n) is 15.0. The lowest BCUT2D eigenvalue weighted by Crippen LogP contribution is -2.34. The van der Waals surface area contributed by atoms with Gasteiger partial charge in [0, 0.05) is 12.7 Å². The third-order valence-electron chi connectivity index (χ3n) is 3.75. The molecule has 25 heavy (non-hydrogen) atoms. The quantitative estimate of drug-likeness (QED) is 0.834. The van der Waals surface area contributed by atoms with Crippen molar-refractivity contribution >= 4 is 11.7 Å². The van der Waals surface area contributed by atoms with E-state index in [9.17, 15) is 4.79 Å². The number of carbonyl (C=O) groups is 1. The van der Waals surface area contributed by atoms with Gasteiger partial charge >= 0.3 is 6.03 Å². The number of hydrogen-bond acceptors (Lipinski definition) is 4. The van der Waals surface area contributed by atoms with E-state index in [-0.39, 0.29) is 6.03 Å². The number of likely N-dealkylation sites (N-methyl/N-ethyl adjacent to an activating group) is 1. The summed E-state index contributed by atoms with van der Waals surface area (Å²) in [5.41, 5.74) is 1.69. The first-order valence-electron chi connectivity index (χ1n) is 7.97. The van der Waals surface area contributed by atoms with Gasteiger partial charge in [-0.25, -0.2) is 4.79 Å². The van der Waals surface area contributed by atoms with Gasteiger partial charge in [0.05, 0.1) is 20.8 Å². The highest BCUT2D eigenvalue weighted by molar-refractivity contribution is 5.89. The molecule has 0 unspecified atom stereocenters. The summed E-state index contributed by atoms with van der Waals surface area (Å²) in [6.45, 7) is 2.80. The van der Waals surface area contributed by atoms with Crippen LogP contribution in [0.1, 0.15) is 5.56 Å². The molecule has 0 aliphatic heterocycles. The number of hydrogen-bond donors (Lipinski definition) is 1. The Morgan fingerprint density at radius 1 is 1.04 bits per heavy atom. The molecular formula is C19H24N2O4. The average molecular weight is 344 g/mol. The smallest absolute Gasteiger partial charge is 0.321 e. The first-order chi connectivity index (χ1) is 12.0. The Morgan fingerprint density at radius 2 is 1.72 bits per heavy atom. The van der Waals surface area contributed by atoms with Crippen LogP contribution < -0.4 is 19.5 Å². The van der Waals surface area contributed by atoms with Gasteiger partial charge < -0.3 is 24.4 Å². The van der Waals surface area contributed by atoms with Crippen molar-refractivity contribution in [2.24, 2.45) is 0 Å². The summed E-state index contributed by atoms with van der Waals surface area (Å²) in [5.74, 6) is 2.30. The van der Waals surface area contributed by atoms with Gasteiger partial charge in [-0.15, -0.1) is 0 Å². The molecule has 0 saturated carbocycles. The fraction of sp³-hybridized carbons (Fsp3) is 0.316. The Kier molecular flexibility index (Phi) is 6.51. The Balaban J connectivity index is 1.80. The van der Waals surface area contributed by atoms with Crippen molar-refractivity contribution in [2.75, 3.05) is 39.7 Å². The molecular weight excluding hydrogens is 320 g/mol. The topological polar surface area (TPSA) is 60.0 Å². The second-order valence-electron chi connectivity index (χ2n) is 5.56.